The lowest BCUT2D eigenvalue weighted by atomic mass is 10.1. The Kier molecular flexibility index (Phi) is 5.58. The molecule has 0 aromatic heterocycles. The number of hydrogen-bond donors (Lipinski definition) is 1. The number of carbonyl (C=O) groups is 1. The van der Waals surface area contributed by atoms with Crippen molar-refractivity contribution < 1.29 is 4.79 Å². The number of rotatable bonds is 6. The second kappa shape index (κ2) is 6.98. The van der Waals surface area contributed by atoms with Gasteiger partial charge in [-0.15, -0.1) is 0 Å². The summed E-state index contributed by atoms with van der Waals surface area (Å²) < 4.78 is 0. The molecule has 0 spiro atoms. The Bertz CT molecular complexity index is 311. The molecule has 1 saturated heterocycles. The number of thioether (sulfide) groups is 1. The predicted octanol–water partition coefficient (Wildman–Crippen LogP) is 3.00. The van der Waals surface area contributed by atoms with Gasteiger partial charge in [-0.25, -0.2) is 0 Å². The second-order valence-electron chi connectivity index (χ2n) is 5.67. The summed E-state index contributed by atoms with van der Waals surface area (Å²) in [4.78, 5) is 14.8. The normalized spacial score (nSPS) is 35.3. The Morgan fingerprint density at radius 2 is 2.11 bits per heavy atom. The van der Waals surface area contributed by atoms with Gasteiger partial charge >= 0.3 is 0 Å². The van der Waals surface area contributed by atoms with Crippen molar-refractivity contribution in [3.63, 3.8) is 0 Å². The quantitative estimate of drug-likeness (QED) is 0.814. The molecule has 4 atom stereocenters. The van der Waals surface area contributed by atoms with Crippen LogP contribution >= 0.6 is 11.8 Å². The van der Waals surface area contributed by atoms with Gasteiger partial charge in [0.05, 0.1) is 12.2 Å². The molecule has 4 unspecified atom stereocenters. The minimum absolute atomic E-state index is 0.0597. The largest absolute Gasteiger partial charge is 0.322 e. The zero-order chi connectivity index (χ0) is 13.8. The van der Waals surface area contributed by atoms with E-state index in [1.54, 1.807) is 0 Å². The number of hydrogen-bond acceptors (Lipinski definition) is 3. The van der Waals surface area contributed by atoms with Crippen LogP contribution in [0.3, 0.4) is 0 Å². The summed E-state index contributed by atoms with van der Waals surface area (Å²) in [5.41, 5.74) is 0. The molecule has 1 aliphatic carbocycles. The van der Waals surface area contributed by atoms with E-state index in [9.17, 15) is 4.79 Å². The summed E-state index contributed by atoms with van der Waals surface area (Å²) in [6, 6.07) is 0.530. The number of amides is 1. The first-order valence-electron chi connectivity index (χ1n) is 7.92. The van der Waals surface area contributed by atoms with Crippen LogP contribution < -0.4 is 5.32 Å². The van der Waals surface area contributed by atoms with Crippen LogP contribution in [-0.4, -0.2) is 40.1 Å². The minimum atomic E-state index is 0.0597. The van der Waals surface area contributed by atoms with Gasteiger partial charge in [0, 0.05) is 11.3 Å². The SMILES string of the molecule is CCCC1NC(CC)C(=O)N1C1CCCC1SCC. The highest BCUT2D eigenvalue weighted by atomic mass is 32.2. The van der Waals surface area contributed by atoms with Gasteiger partial charge in [0.25, 0.3) is 0 Å². The third kappa shape index (κ3) is 3.10. The molecule has 0 aromatic carbocycles. The van der Waals surface area contributed by atoms with Crippen molar-refractivity contribution in [2.75, 3.05) is 5.75 Å². The van der Waals surface area contributed by atoms with E-state index in [-0.39, 0.29) is 12.2 Å². The van der Waals surface area contributed by atoms with Crippen LogP contribution in [0.1, 0.15) is 59.3 Å². The Hall–Kier alpha value is -0.220. The minimum Gasteiger partial charge on any atom is -0.322 e. The maximum absolute atomic E-state index is 12.6. The van der Waals surface area contributed by atoms with E-state index in [4.69, 9.17) is 0 Å². The molecule has 1 heterocycles. The summed E-state index contributed by atoms with van der Waals surface area (Å²) in [5.74, 6) is 1.52. The topological polar surface area (TPSA) is 32.3 Å². The fourth-order valence-corrected chi connectivity index (χ4v) is 4.78. The number of nitrogens with zero attached hydrogens (tertiary/aromatic N) is 1. The van der Waals surface area contributed by atoms with Crippen LogP contribution in [0.5, 0.6) is 0 Å². The van der Waals surface area contributed by atoms with Crippen LogP contribution in [0.25, 0.3) is 0 Å². The third-order valence-corrected chi connectivity index (χ3v) is 5.72. The van der Waals surface area contributed by atoms with E-state index < -0.39 is 0 Å². The molecule has 2 rings (SSSR count). The average molecular weight is 284 g/mol. The van der Waals surface area contributed by atoms with E-state index in [1.165, 1.54) is 19.3 Å². The Morgan fingerprint density at radius 1 is 1.32 bits per heavy atom. The summed E-state index contributed by atoms with van der Waals surface area (Å²) >= 11 is 2.04. The molecule has 1 saturated carbocycles. The Morgan fingerprint density at radius 3 is 2.74 bits per heavy atom. The molecule has 110 valence electrons. The number of nitrogens with one attached hydrogen (secondary N) is 1. The molecule has 1 N–H and O–H groups in total. The van der Waals surface area contributed by atoms with Gasteiger partial charge in [-0.1, -0.05) is 33.6 Å². The Balaban J connectivity index is 2.12. The van der Waals surface area contributed by atoms with Gasteiger partial charge in [-0.05, 0) is 31.4 Å². The molecular formula is C15H28N2OS. The lowest BCUT2D eigenvalue weighted by molar-refractivity contribution is -0.132. The van der Waals surface area contributed by atoms with E-state index in [0.29, 0.717) is 17.2 Å². The van der Waals surface area contributed by atoms with Crippen molar-refractivity contribution in [2.45, 2.75) is 82.8 Å². The first kappa shape index (κ1) is 15.2. The van der Waals surface area contributed by atoms with Crippen LogP contribution in [0.2, 0.25) is 0 Å². The van der Waals surface area contributed by atoms with Crippen molar-refractivity contribution in [2.24, 2.45) is 0 Å². The fourth-order valence-electron chi connectivity index (χ4n) is 3.53. The Labute approximate surface area is 121 Å². The van der Waals surface area contributed by atoms with Crippen LogP contribution in [0.15, 0.2) is 0 Å². The molecule has 0 radical (unpaired) electrons. The number of carbonyl (C=O) groups excluding carboxylic acids is 1. The smallest absolute Gasteiger partial charge is 0.241 e. The van der Waals surface area contributed by atoms with Crippen molar-refractivity contribution in [3.8, 4) is 0 Å². The summed E-state index contributed by atoms with van der Waals surface area (Å²) in [6.07, 6.45) is 7.17. The third-order valence-electron chi connectivity index (χ3n) is 4.41. The van der Waals surface area contributed by atoms with E-state index in [1.807, 2.05) is 11.8 Å². The zero-order valence-electron chi connectivity index (χ0n) is 12.5. The van der Waals surface area contributed by atoms with Crippen LogP contribution in [0, 0.1) is 0 Å². The summed E-state index contributed by atoms with van der Waals surface area (Å²) in [6.45, 7) is 6.54. The van der Waals surface area contributed by atoms with Crippen LogP contribution in [0.4, 0.5) is 0 Å². The van der Waals surface area contributed by atoms with Crippen LogP contribution in [-0.2, 0) is 4.79 Å². The molecule has 4 heteroatoms. The zero-order valence-corrected chi connectivity index (χ0v) is 13.3. The molecule has 3 nitrogen and oxygen atoms in total. The molecule has 2 fully saturated rings. The van der Waals surface area contributed by atoms with Gasteiger partial charge in [-0.3, -0.25) is 10.1 Å². The summed E-state index contributed by atoms with van der Waals surface area (Å²) in [7, 11) is 0. The fraction of sp³-hybridized carbons (Fsp3) is 0.933. The van der Waals surface area contributed by atoms with E-state index >= 15 is 0 Å². The van der Waals surface area contributed by atoms with E-state index in [0.717, 1.165) is 25.0 Å². The highest BCUT2D eigenvalue weighted by Gasteiger charge is 2.44. The molecule has 1 amide bonds. The average Bonchev–Trinajstić information content (AvgIpc) is 2.95. The van der Waals surface area contributed by atoms with Crippen molar-refractivity contribution in [1.29, 1.82) is 0 Å². The molecular weight excluding hydrogens is 256 g/mol. The molecule has 0 bridgehead atoms. The van der Waals surface area contributed by atoms with Gasteiger partial charge in [0.1, 0.15) is 0 Å². The summed E-state index contributed by atoms with van der Waals surface area (Å²) in [5, 5.41) is 4.21. The highest BCUT2D eigenvalue weighted by molar-refractivity contribution is 7.99. The molecule has 1 aliphatic heterocycles. The molecule has 0 aromatic rings. The maximum atomic E-state index is 12.6. The molecule has 19 heavy (non-hydrogen) atoms. The van der Waals surface area contributed by atoms with Crippen molar-refractivity contribution >= 4 is 17.7 Å². The maximum Gasteiger partial charge on any atom is 0.241 e. The first-order chi connectivity index (χ1) is 9.22. The van der Waals surface area contributed by atoms with Gasteiger partial charge in [0.15, 0.2) is 0 Å². The standard InChI is InChI=1S/C15H28N2OS/c1-4-8-14-16-11(5-2)15(18)17(14)12-9-7-10-13(12)19-6-3/h11-14,16H,4-10H2,1-3H3. The highest BCUT2D eigenvalue weighted by Crippen LogP contribution is 2.36. The van der Waals surface area contributed by atoms with Gasteiger partial charge in [0.2, 0.25) is 5.91 Å². The second-order valence-corrected chi connectivity index (χ2v) is 7.19. The first-order valence-corrected chi connectivity index (χ1v) is 8.97. The predicted molar refractivity (Wildman–Crippen MR) is 82.3 cm³/mol. The van der Waals surface area contributed by atoms with Crippen molar-refractivity contribution in [1.82, 2.24) is 10.2 Å². The molecule has 2 aliphatic rings. The van der Waals surface area contributed by atoms with Crippen molar-refractivity contribution in [3.05, 3.63) is 0 Å². The lowest BCUT2D eigenvalue weighted by Gasteiger charge is -2.33. The van der Waals surface area contributed by atoms with Gasteiger partial charge < -0.3 is 4.90 Å². The monoisotopic (exact) mass is 284 g/mol. The van der Waals surface area contributed by atoms with Gasteiger partial charge in [-0.2, -0.15) is 11.8 Å². The van der Waals surface area contributed by atoms with E-state index in [2.05, 4.69) is 31.0 Å². The lowest BCUT2D eigenvalue weighted by Crippen LogP contribution is -2.47.